The van der Waals surface area contributed by atoms with Gasteiger partial charge < -0.3 is 35.8 Å². The first-order chi connectivity index (χ1) is 25.0. The number of hydrogen-bond donors (Lipinski definition) is 4. The van der Waals surface area contributed by atoms with Crippen LogP contribution in [0.2, 0.25) is 0 Å². The summed E-state index contributed by atoms with van der Waals surface area (Å²) in [7, 11) is -1.77. The van der Waals surface area contributed by atoms with Crippen LogP contribution >= 0.6 is 0 Å². The number of sulfonamides is 1. The number of carbonyl (C=O) groups excluding carboxylic acids is 1. The van der Waals surface area contributed by atoms with Crippen molar-refractivity contribution < 1.29 is 45.8 Å². The SMILES string of the molecule is CCOc1cc(C(Nc2ccc3c(N)nccc3c2)C(=O)NCc2ccccc2S(=O)(=O)N2CCN(C)CC2)ccc1OC(C)C.O=C(O)C(F)(F)F. The number of aliphatic carboxylic acids is 1. The van der Waals surface area contributed by atoms with Crippen LogP contribution in [0.25, 0.3) is 10.8 Å². The third-order valence-corrected chi connectivity index (χ3v) is 10.1. The molecule has 2 heterocycles. The molecule has 17 heteroatoms. The number of fused-ring (bicyclic) bond motifs is 1. The number of pyridine rings is 1. The molecule has 0 radical (unpaired) electrons. The van der Waals surface area contributed by atoms with Gasteiger partial charge in [-0.25, -0.2) is 18.2 Å². The van der Waals surface area contributed by atoms with Gasteiger partial charge in [0, 0.05) is 50.0 Å². The van der Waals surface area contributed by atoms with Gasteiger partial charge in [-0.05, 0) is 86.8 Å². The molecule has 1 aliphatic rings. The highest BCUT2D eigenvalue weighted by atomic mass is 32.2. The number of ether oxygens (including phenoxy) is 2. The van der Waals surface area contributed by atoms with Crippen molar-refractivity contribution in [3.63, 3.8) is 0 Å². The average molecular weight is 761 g/mol. The van der Waals surface area contributed by atoms with E-state index in [0.717, 1.165) is 10.8 Å². The van der Waals surface area contributed by atoms with E-state index in [1.165, 1.54) is 4.31 Å². The summed E-state index contributed by atoms with van der Waals surface area (Å²) in [5.74, 6) is -1.58. The highest BCUT2D eigenvalue weighted by Crippen LogP contribution is 2.34. The third-order valence-electron chi connectivity index (χ3n) is 8.08. The Kier molecular flexibility index (Phi) is 13.5. The van der Waals surface area contributed by atoms with Crippen molar-refractivity contribution in [2.75, 3.05) is 50.9 Å². The van der Waals surface area contributed by atoms with Crippen LogP contribution in [0.1, 0.15) is 37.9 Å². The van der Waals surface area contributed by atoms with E-state index in [1.807, 2.05) is 58.2 Å². The van der Waals surface area contributed by atoms with E-state index in [4.69, 9.17) is 25.1 Å². The second kappa shape index (κ2) is 17.6. The number of carbonyl (C=O) groups is 2. The fourth-order valence-electron chi connectivity index (χ4n) is 5.44. The summed E-state index contributed by atoms with van der Waals surface area (Å²) >= 11 is 0. The topological polar surface area (TPSA) is 176 Å². The van der Waals surface area contributed by atoms with E-state index in [0.29, 0.717) is 66.9 Å². The zero-order valence-corrected chi connectivity index (χ0v) is 30.5. The van der Waals surface area contributed by atoms with Crippen LogP contribution < -0.4 is 25.8 Å². The third kappa shape index (κ3) is 10.7. The number of benzene rings is 3. The second-order valence-corrected chi connectivity index (χ2v) is 14.3. The number of carboxylic acids is 1. The van der Waals surface area contributed by atoms with Gasteiger partial charge in [0.1, 0.15) is 11.9 Å². The molecule has 53 heavy (non-hydrogen) atoms. The zero-order chi connectivity index (χ0) is 38.9. The molecule has 1 saturated heterocycles. The minimum atomic E-state index is -5.08. The highest BCUT2D eigenvalue weighted by molar-refractivity contribution is 7.89. The second-order valence-electron chi connectivity index (χ2n) is 12.4. The van der Waals surface area contributed by atoms with E-state index in [1.54, 1.807) is 42.6 Å². The molecule has 4 aromatic rings. The summed E-state index contributed by atoms with van der Waals surface area (Å²) in [5.41, 5.74) is 7.91. The first-order valence-corrected chi connectivity index (χ1v) is 18.1. The van der Waals surface area contributed by atoms with Crippen molar-refractivity contribution in [2.45, 2.75) is 50.5 Å². The summed E-state index contributed by atoms with van der Waals surface area (Å²) in [6.45, 7) is 8.35. The number of likely N-dealkylation sites (N-methyl/N-ethyl adjacent to an activating group) is 1. The van der Waals surface area contributed by atoms with Crippen LogP contribution in [-0.4, -0.2) is 91.7 Å². The van der Waals surface area contributed by atoms with Crippen LogP contribution in [-0.2, 0) is 26.2 Å². The Bertz CT molecular complexity index is 2010. The van der Waals surface area contributed by atoms with Crippen molar-refractivity contribution in [1.82, 2.24) is 19.5 Å². The average Bonchev–Trinajstić information content (AvgIpc) is 3.10. The lowest BCUT2D eigenvalue weighted by Crippen LogP contribution is -2.47. The minimum absolute atomic E-state index is 0.0208. The van der Waals surface area contributed by atoms with Gasteiger partial charge in [0.15, 0.2) is 11.5 Å². The van der Waals surface area contributed by atoms with Crippen molar-refractivity contribution in [2.24, 2.45) is 0 Å². The molecule has 286 valence electrons. The van der Waals surface area contributed by atoms with Gasteiger partial charge in [0.05, 0.1) is 17.6 Å². The Morgan fingerprint density at radius 2 is 1.68 bits per heavy atom. The molecule has 0 saturated carbocycles. The first-order valence-electron chi connectivity index (χ1n) is 16.7. The fraction of sp³-hybridized carbons (Fsp3) is 0.361. The van der Waals surface area contributed by atoms with Crippen LogP contribution in [0.3, 0.4) is 0 Å². The molecule has 0 bridgehead atoms. The molecule has 0 spiro atoms. The number of piperazine rings is 1. The molecule has 3 aromatic carbocycles. The van der Waals surface area contributed by atoms with Gasteiger partial charge >= 0.3 is 12.1 Å². The van der Waals surface area contributed by atoms with Crippen LogP contribution in [0, 0.1) is 0 Å². The molecule has 1 aromatic heterocycles. The number of carboxylic acid groups (broad SMARTS) is 1. The number of hydrogen-bond acceptors (Lipinski definition) is 10. The predicted octanol–water partition coefficient (Wildman–Crippen LogP) is 5.04. The molecular formula is C36H43F3N6O7S. The van der Waals surface area contributed by atoms with Crippen molar-refractivity contribution >= 4 is 44.2 Å². The predicted molar refractivity (Wildman–Crippen MR) is 194 cm³/mol. The molecule has 5 rings (SSSR count). The number of aromatic nitrogens is 1. The Balaban J connectivity index is 0.000000815. The number of amides is 1. The summed E-state index contributed by atoms with van der Waals surface area (Å²) in [4.78, 5) is 29.4. The number of nitrogens with zero attached hydrogens (tertiary/aromatic N) is 3. The Morgan fingerprint density at radius 1 is 1.00 bits per heavy atom. The van der Waals surface area contributed by atoms with Crippen LogP contribution in [0.5, 0.6) is 11.5 Å². The van der Waals surface area contributed by atoms with Gasteiger partial charge in [-0.3, -0.25) is 4.79 Å². The van der Waals surface area contributed by atoms with E-state index in [9.17, 15) is 26.4 Å². The maximum atomic E-state index is 14.0. The largest absolute Gasteiger partial charge is 0.490 e. The maximum Gasteiger partial charge on any atom is 0.490 e. The zero-order valence-electron chi connectivity index (χ0n) is 29.7. The van der Waals surface area contributed by atoms with Crippen LogP contribution in [0.15, 0.2) is 77.8 Å². The van der Waals surface area contributed by atoms with E-state index < -0.39 is 28.2 Å². The van der Waals surface area contributed by atoms with Crippen LogP contribution in [0.4, 0.5) is 24.7 Å². The number of anilines is 2. The minimum Gasteiger partial charge on any atom is -0.490 e. The summed E-state index contributed by atoms with van der Waals surface area (Å²) < 4.78 is 72.4. The Morgan fingerprint density at radius 3 is 2.32 bits per heavy atom. The van der Waals surface area contributed by atoms with E-state index in [2.05, 4.69) is 20.5 Å². The number of nitrogen functional groups attached to an aromatic ring is 1. The smallest absolute Gasteiger partial charge is 0.490 e. The lowest BCUT2D eigenvalue weighted by atomic mass is 10.0. The number of halogens is 3. The molecular weight excluding hydrogens is 717 g/mol. The molecule has 5 N–H and O–H groups in total. The Labute approximate surface area is 305 Å². The van der Waals surface area contributed by atoms with Crippen molar-refractivity contribution in [1.29, 1.82) is 0 Å². The van der Waals surface area contributed by atoms with Gasteiger partial charge in [-0.2, -0.15) is 17.5 Å². The van der Waals surface area contributed by atoms with E-state index in [-0.39, 0.29) is 23.5 Å². The molecule has 1 amide bonds. The fourth-order valence-corrected chi connectivity index (χ4v) is 7.08. The molecule has 1 atom stereocenters. The normalized spacial score (nSPS) is 14.6. The van der Waals surface area contributed by atoms with Gasteiger partial charge in [0.2, 0.25) is 15.9 Å². The van der Waals surface area contributed by atoms with Gasteiger partial charge in [-0.1, -0.05) is 24.3 Å². The quantitative estimate of drug-likeness (QED) is 0.152. The van der Waals surface area contributed by atoms with Gasteiger partial charge in [0.25, 0.3) is 0 Å². The molecule has 0 aliphatic carbocycles. The standard InChI is InChI=1S/C34H42N6O5S.C2HF3O2/c1-5-44-30-21-25(10-13-29(30)45-23(2)3)32(38-27-11-12-28-24(20-27)14-15-36-33(28)35)34(41)37-22-26-8-6-7-9-31(26)46(42,43)40-18-16-39(4)17-19-40;3-2(4,5)1(6)7/h6-15,20-21,23,32,38H,5,16-19,22H2,1-4H3,(H2,35,36)(H,37,41);(H,6,7). The Hall–Kier alpha value is -5.13. The molecule has 13 nitrogen and oxygen atoms in total. The summed E-state index contributed by atoms with van der Waals surface area (Å²) in [5, 5.41) is 15.2. The van der Waals surface area contributed by atoms with Gasteiger partial charge in [-0.15, -0.1) is 0 Å². The molecule has 1 unspecified atom stereocenters. The summed E-state index contributed by atoms with van der Waals surface area (Å²) in [6.07, 6.45) is -3.51. The van der Waals surface area contributed by atoms with Crippen molar-refractivity contribution in [3.05, 3.63) is 84.1 Å². The first kappa shape index (κ1) is 40.6. The van der Waals surface area contributed by atoms with Crippen molar-refractivity contribution in [3.8, 4) is 11.5 Å². The van der Waals surface area contributed by atoms with E-state index >= 15 is 0 Å². The lowest BCUT2D eigenvalue weighted by Gasteiger charge is -2.32. The molecule has 1 aliphatic heterocycles. The molecule has 1 fully saturated rings. The maximum absolute atomic E-state index is 14.0. The lowest BCUT2D eigenvalue weighted by molar-refractivity contribution is -0.192. The number of nitrogens with two attached hydrogens (primary N) is 1. The number of rotatable bonds is 12. The number of nitrogens with one attached hydrogen (secondary N) is 2. The monoisotopic (exact) mass is 760 g/mol. The number of alkyl halides is 3. The summed E-state index contributed by atoms with van der Waals surface area (Å²) in [6, 6.07) is 18.9. The highest BCUT2D eigenvalue weighted by Gasteiger charge is 2.38.